The van der Waals surface area contributed by atoms with Crippen LogP contribution in [0.4, 0.5) is 0 Å². The fourth-order valence-corrected chi connectivity index (χ4v) is 3.84. The normalized spacial score (nSPS) is 10.4. The van der Waals surface area contributed by atoms with Gasteiger partial charge in [0, 0.05) is 27.7 Å². The zero-order chi connectivity index (χ0) is 20.8. The number of rotatable bonds is 7. The SMILES string of the molecule is CCc1c(OCc2cccc(Sc3cncc(C#N)c3)c2)ccc(C(C)=O)c1O. The van der Waals surface area contributed by atoms with Crippen molar-refractivity contribution in [1.82, 2.24) is 4.98 Å². The Morgan fingerprint density at radius 2 is 2.03 bits per heavy atom. The lowest BCUT2D eigenvalue weighted by atomic mass is 10.0. The zero-order valence-corrected chi connectivity index (χ0v) is 17.0. The highest BCUT2D eigenvalue weighted by Crippen LogP contribution is 2.33. The van der Waals surface area contributed by atoms with Gasteiger partial charge in [-0.2, -0.15) is 5.26 Å². The molecule has 0 amide bonds. The average Bonchev–Trinajstić information content (AvgIpc) is 2.72. The summed E-state index contributed by atoms with van der Waals surface area (Å²) in [7, 11) is 0. The third-order valence-electron chi connectivity index (χ3n) is 4.34. The van der Waals surface area contributed by atoms with E-state index in [0.29, 0.717) is 35.5 Å². The van der Waals surface area contributed by atoms with Crippen LogP contribution in [-0.2, 0) is 13.0 Å². The van der Waals surface area contributed by atoms with Gasteiger partial charge >= 0.3 is 0 Å². The lowest BCUT2D eigenvalue weighted by Crippen LogP contribution is -2.02. The monoisotopic (exact) mass is 404 g/mol. The predicted octanol–water partition coefficient (Wildman–Crippen LogP) is 5.15. The second-order valence-corrected chi connectivity index (χ2v) is 7.55. The third-order valence-corrected chi connectivity index (χ3v) is 5.29. The molecule has 5 nitrogen and oxygen atoms in total. The highest BCUT2D eigenvalue weighted by Gasteiger charge is 2.15. The van der Waals surface area contributed by atoms with Gasteiger partial charge in [0.1, 0.15) is 24.2 Å². The minimum Gasteiger partial charge on any atom is -0.507 e. The van der Waals surface area contributed by atoms with E-state index >= 15 is 0 Å². The summed E-state index contributed by atoms with van der Waals surface area (Å²) in [6.07, 6.45) is 3.81. The Labute approximate surface area is 174 Å². The number of ether oxygens (including phenoxy) is 1. The van der Waals surface area contributed by atoms with Crippen LogP contribution >= 0.6 is 11.8 Å². The van der Waals surface area contributed by atoms with E-state index in [2.05, 4.69) is 11.1 Å². The highest BCUT2D eigenvalue weighted by atomic mass is 32.2. The lowest BCUT2D eigenvalue weighted by molar-refractivity contribution is 0.101. The van der Waals surface area contributed by atoms with Crippen molar-refractivity contribution in [1.29, 1.82) is 5.26 Å². The Balaban J connectivity index is 1.75. The summed E-state index contributed by atoms with van der Waals surface area (Å²) in [5.41, 5.74) is 2.43. The molecule has 146 valence electrons. The van der Waals surface area contributed by atoms with Gasteiger partial charge in [0.05, 0.1) is 11.1 Å². The van der Waals surface area contributed by atoms with E-state index in [4.69, 9.17) is 10.00 Å². The maximum atomic E-state index is 11.6. The molecule has 0 fully saturated rings. The first-order chi connectivity index (χ1) is 14.0. The molecule has 2 aromatic carbocycles. The Morgan fingerprint density at radius 3 is 2.76 bits per heavy atom. The molecule has 1 heterocycles. The molecule has 1 N–H and O–H groups in total. The first kappa shape index (κ1) is 20.4. The summed E-state index contributed by atoms with van der Waals surface area (Å²) >= 11 is 1.52. The van der Waals surface area contributed by atoms with Gasteiger partial charge in [-0.15, -0.1) is 0 Å². The number of carbonyl (C=O) groups excluding carboxylic acids is 1. The van der Waals surface area contributed by atoms with E-state index in [1.54, 1.807) is 24.4 Å². The number of aromatic hydroxyl groups is 1. The summed E-state index contributed by atoms with van der Waals surface area (Å²) in [6, 6.07) is 15.1. The van der Waals surface area contributed by atoms with E-state index in [1.165, 1.54) is 24.9 Å². The van der Waals surface area contributed by atoms with E-state index < -0.39 is 0 Å². The number of hydrogen-bond acceptors (Lipinski definition) is 6. The molecule has 29 heavy (non-hydrogen) atoms. The van der Waals surface area contributed by atoms with Crippen molar-refractivity contribution in [2.24, 2.45) is 0 Å². The molecule has 0 bridgehead atoms. The number of pyridine rings is 1. The molecule has 1 aromatic heterocycles. The van der Waals surface area contributed by atoms with Gasteiger partial charge in [0.15, 0.2) is 5.78 Å². The Kier molecular flexibility index (Phi) is 6.53. The van der Waals surface area contributed by atoms with E-state index in [9.17, 15) is 9.90 Å². The minimum atomic E-state index is -0.177. The molecular formula is C23H20N2O3S. The van der Waals surface area contributed by atoms with Gasteiger partial charge in [-0.25, -0.2) is 0 Å². The van der Waals surface area contributed by atoms with Crippen molar-refractivity contribution in [2.75, 3.05) is 0 Å². The molecule has 0 unspecified atom stereocenters. The van der Waals surface area contributed by atoms with Crippen LogP contribution in [0.25, 0.3) is 0 Å². The summed E-state index contributed by atoms with van der Waals surface area (Å²) < 4.78 is 5.94. The van der Waals surface area contributed by atoms with E-state index in [-0.39, 0.29) is 11.5 Å². The fourth-order valence-electron chi connectivity index (χ4n) is 2.91. The first-order valence-electron chi connectivity index (χ1n) is 9.12. The molecule has 6 heteroatoms. The van der Waals surface area contributed by atoms with Crippen molar-refractivity contribution < 1.29 is 14.6 Å². The standard InChI is InChI=1S/C23H20N2O3S/c1-3-20-22(8-7-21(15(2)26)23(20)27)28-14-16-5-4-6-18(9-16)29-19-10-17(11-24)12-25-13-19/h4-10,12-13,27H,3,14H2,1-2H3. The number of Topliss-reactive ketones (excluding diaryl/α,β-unsaturated/α-hetero) is 1. The second-order valence-electron chi connectivity index (χ2n) is 6.41. The predicted molar refractivity (Wildman–Crippen MR) is 111 cm³/mol. The molecule has 0 aliphatic rings. The Morgan fingerprint density at radius 1 is 1.21 bits per heavy atom. The van der Waals surface area contributed by atoms with Crippen LogP contribution in [0.2, 0.25) is 0 Å². The van der Waals surface area contributed by atoms with Gasteiger partial charge in [-0.1, -0.05) is 30.8 Å². The van der Waals surface area contributed by atoms with Gasteiger partial charge < -0.3 is 9.84 Å². The zero-order valence-electron chi connectivity index (χ0n) is 16.2. The van der Waals surface area contributed by atoms with Crippen molar-refractivity contribution >= 4 is 17.5 Å². The number of phenolic OH excluding ortho intramolecular Hbond substituents is 1. The van der Waals surface area contributed by atoms with Crippen molar-refractivity contribution in [3.8, 4) is 17.6 Å². The topological polar surface area (TPSA) is 83.2 Å². The van der Waals surface area contributed by atoms with Crippen molar-refractivity contribution in [3.05, 3.63) is 77.1 Å². The fraction of sp³-hybridized carbons (Fsp3) is 0.174. The van der Waals surface area contributed by atoms with Crippen molar-refractivity contribution in [3.63, 3.8) is 0 Å². The van der Waals surface area contributed by atoms with Crippen LogP contribution in [0.1, 0.15) is 40.9 Å². The van der Waals surface area contributed by atoms with Gasteiger partial charge in [-0.3, -0.25) is 9.78 Å². The van der Waals surface area contributed by atoms with Crippen LogP contribution in [-0.4, -0.2) is 15.9 Å². The smallest absolute Gasteiger partial charge is 0.163 e. The summed E-state index contributed by atoms with van der Waals surface area (Å²) in [6.45, 7) is 3.67. The number of ketones is 1. The second kappa shape index (κ2) is 9.26. The van der Waals surface area contributed by atoms with Crippen LogP contribution < -0.4 is 4.74 Å². The lowest BCUT2D eigenvalue weighted by Gasteiger charge is -2.14. The van der Waals surface area contributed by atoms with E-state index in [0.717, 1.165) is 15.4 Å². The van der Waals surface area contributed by atoms with Gasteiger partial charge in [0.2, 0.25) is 0 Å². The van der Waals surface area contributed by atoms with Gasteiger partial charge in [-0.05, 0) is 49.2 Å². The maximum Gasteiger partial charge on any atom is 0.163 e. The quantitative estimate of drug-likeness (QED) is 0.548. The molecule has 0 radical (unpaired) electrons. The first-order valence-corrected chi connectivity index (χ1v) is 9.94. The molecular weight excluding hydrogens is 384 g/mol. The number of aromatic nitrogens is 1. The maximum absolute atomic E-state index is 11.6. The van der Waals surface area contributed by atoms with Gasteiger partial charge in [0.25, 0.3) is 0 Å². The number of nitriles is 1. The molecule has 0 spiro atoms. The molecule has 0 aliphatic carbocycles. The minimum absolute atomic E-state index is 0.00770. The third kappa shape index (κ3) is 4.95. The van der Waals surface area contributed by atoms with Crippen LogP contribution in [0, 0.1) is 11.3 Å². The average molecular weight is 404 g/mol. The van der Waals surface area contributed by atoms with Crippen LogP contribution in [0.5, 0.6) is 11.5 Å². The summed E-state index contributed by atoms with van der Waals surface area (Å²) in [5, 5.41) is 19.4. The number of phenols is 1. The number of hydrogen-bond donors (Lipinski definition) is 1. The molecule has 3 aromatic rings. The van der Waals surface area contributed by atoms with Crippen LogP contribution in [0.3, 0.4) is 0 Å². The Bertz CT molecular complexity index is 1090. The summed E-state index contributed by atoms with van der Waals surface area (Å²) in [4.78, 5) is 17.6. The molecule has 0 saturated heterocycles. The Hall–Kier alpha value is -3.30. The largest absolute Gasteiger partial charge is 0.507 e. The van der Waals surface area contributed by atoms with Crippen LogP contribution in [0.15, 0.2) is 64.6 Å². The molecule has 0 aliphatic heterocycles. The van der Waals surface area contributed by atoms with E-state index in [1.807, 2.05) is 31.2 Å². The molecule has 0 atom stereocenters. The number of nitrogens with zero attached hydrogens (tertiary/aromatic N) is 2. The number of carbonyl (C=O) groups is 1. The van der Waals surface area contributed by atoms with Crippen molar-refractivity contribution in [2.45, 2.75) is 36.7 Å². The molecule has 0 saturated carbocycles. The molecule has 3 rings (SSSR count). The summed E-state index contributed by atoms with van der Waals surface area (Å²) in [5.74, 6) is 0.383. The number of benzene rings is 2. The highest BCUT2D eigenvalue weighted by molar-refractivity contribution is 7.99.